The third-order valence-corrected chi connectivity index (χ3v) is 9.49. The second kappa shape index (κ2) is 10.7. The lowest BCUT2D eigenvalue weighted by Crippen LogP contribution is -2.56. The minimum atomic E-state index is -0.190. The molecule has 2 aliphatic rings. The number of methoxy groups -OCH3 is 1. The van der Waals surface area contributed by atoms with Gasteiger partial charge in [0.05, 0.1) is 40.7 Å². The van der Waals surface area contributed by atoms with Crippen molar-refractivity contribution in [1.82, 2.24) is 14.8 Å². The molecule has 1 aromatic carbocycles. The van der Waals surface area contributed by atoms with Crippen molar-refractivity contribution >= 4 is 57.3 Å². The van der Waals surface area contributed by atoms with Gasteiger partial charge in [0.15, 0.2) is 5.13 Å². The summed E-state index contributed by atoms with van der Waals surface area (Å²) in [7, 11) is 1.57. The van der Waals surface area contributed by atoms with E-state index in [9.17, 15) is 14.4 Å². The van der Waals surface area contributed by atoms with Crippen LogP contribution in [0.4, 0.5) is 5.13 Å². The minimum absolute atomic E-state index is 0.0202. The first-order valence-corrected chi connectivity index (χ1v) is 14.4. The van der Waals surface area contributed by atoms with Gasteiger partial charge in [-0.15, -0.1) is 0 Å². The Bertz CT molecular complexity index is 1340. The van der Waals surface area contributed by atoms with Crippen LogP contribution in [0.3, 0.4) is 0 Å². The SMILES string of the molecule is C=CC(=O)N1CC2CCC(C1)N2C(=O)c1cc(Sc2cnc(NC(=O)c3ccsc3)s2)c(C)cc1OC. The number of piperazine rings is 1. The van der Waals surface area contributed by atoms with Crippen LogP contribution >= 0.6 is 34.4 Å². The molecule has 2 aliphatic heterocycles. The number of likely N-dealkylation sites (tertiary alicyclic amines) is 1. The van der Waals surface area contributed by atoms with E-state index < -0.39 is 0 Å². The van der Waals surface area contributed by atoms with E-state index in [1.165, 1.54) is 40.5 Å². The van der Waals surface area contributed by atoms with Crippen LogP contribution in [0.2, 0.25) is 0 Å². The maximum atomic E-state index is 13.8. The van der Waals surface area contributed by atoms with Crippen LogP contribution in [0.1, 0.15) is 39.1 Å². The number of carbonyl (C=O) groups excluding carboxylic acids is 3. The van der Waals surface area contributed by atoms with E-state index in [1.54, 1.807) is 29.7 Å². The van der Waals surface area contributed by atoms with E-state index in [0.717, 1.165) is 27.5 Å². The number of ether oxygens (including phenoxy) is 1. The average molecular weight is 555 g/mol. The number of nitrogens with one attached hydrogen (secondary N) is 1. The second-order valence-corrected chi connectivity index (χ2v) is 12.1. The number of hydrogen-bond donors (Lipinski definition) is 1. The lowest BCUT2D eigenvalue weighted by atomic mass is 10.1. The number of thiazole rings is 1. The third-order valence-electron chi connectivity index (χ3n) is 6.63. The highest BCUT2D eigenvalue weighted by Crippen LogP contribution is 2.40. The molecule has 5 rings (SSSR count). The molecule has 0 radical (unpaired) electrons. The molecule has 11 heteroatoms. The molecule has 2 aromatic heterocycles. The standard InChI is InChI=1S/C26H26N4O4S3/c1-4-22(31)29-12-17-5-6-18(13-29)30(17)25(33)19-10-21(15(2)9-20(19)34-3)36-23-11-27-26(37-23)28-24(32)16-7-8-35-14-16/h4,7-11,14,17-18H,1,5-6,12-13H2,2-3H3,(H,27,28,32). The maximum Gasteiger partial charge on any atom is 0.258 e. The van der Waals surface area contributed by atoms with Crippen LogP contribution in [0.25, 0.3) is 0 Å². The molecule has 2 fully saturated rings. The zero-order chi connectivity index (χ0) is 26.1. The number of nitrogens with zero attached hydrogens (tertiary/aromatic N) is 3. The number of hydrogen-bond acceptors (Lipinski definition) is 8. The van der Waals surface area contributed by atoms with Crippen LogP contribution in [0.5, 0.6) is 5.75 Å². The second-order valence-electron chi connectivity index (χ2n) is 8.92. The monoisotopic (exact) mass is 554 g/mol. The Morgan fingerprint density at radius 2 is 2.00 bits per heavy atom. The topological polar surface area (TPSA) is 91.8 Å². The van der Waals surface area contributed by atoms with Gasteiger partial charge < -0.3 is 14.5 Å². The van der Waals surface area contributed by atoms with Gasteiger partial charge in [-0.05, 0) is 55.0 Å². The molecule has 37 heavy (non-hydrogen) atoms. The molecule has 0 spiro atoms. The predicted molar refractivity (Wildman–Crippen MR) is 146 cm³/mol. The van der Waals surface area contributed by atoms with Crippen molar-refractivity contribution < 1.29 is 19.1 Å². The van der Waals surface area contributed by atoms with Crippen molar-refractivity contribution in [3.63, 3.8) is 0 Å². The van der Waals surface area contributed by atoms with Crippen molar-refractivity contribution in [3.8, 4) is 5.75 Å². The molecule has 1 N–H and O–H groups in total. The highest BCUT2D eigenvalue weighted by molar-refractivity contribution is 8.01. The summed E-state index contributed by atoms with van der Waals surface area (Å²) >= 11 is 4.35. The lowest BCUT2D eigenvalue weighted by Gasteiger charge is -2.41. The number of benzene rings is 1. The zero-order valence-corrected chi connectivity index (χ0v) is 22.9. The van der Waals surface area contributed by atoms with Gasteiger partial charge in [-0.3, -0.25) is 19.7 Å². The Balaban J connectivity index is 1.35. The van der Waals surface area contributed by atoms with Gasteiger partial charge in [-0.1, -0.05) is 29.7 Å². The summed E-state index contributed by atoms with van der Waals surface area (Å²) in [5.41, 5.74) is 2.08. The molecule has 3 aromatic rings. The maximum absolute atomic E-state index is 13.8. The zero-order valence-electron chi connectivity index (χ0n) is 20.4. The summed E-state index contributed by atoms with van der Waals surface area (Å²) in [5.74, 6) is 0.171. The molecule has 2 bridgehead atoms. The number of aromatic nitrogens is 1. The number of amides is 3. The van der Waals surface area contributed by atoms with Gasteiger partial charge in [0.2, 0.25) is 5.91 Å². The summed E-state index contributed by atoms with van der Waals surface area (Å²) in [6.45, 7) is 6.61. The smallest absolute Gasteiger partial charge is 0.258 e. The summed E-state index contributed by atoms with van der Waals surface area (Å²) in [4.78, 5) is 47.3. The quantitative estimate of drug-likeness (QED) is 0.417. The van der Waals surface area contributed by atoms with Gasteiger partial charge in [-0.2, -0.15) is 11.3 Å². The van der Waals surface area contributed by atoms with Crippen molar-refractivity contribution in [1.29, 1.82) is 0 Å². The van der Waals surface area contributed by atoms with Crippen LogP contribution in [0, 0.1) is 6.92 Å². The number of anilines is 1. The van der Waals surface area contributed by atoms with Crippen LogP contribution in [-0.2, 0) is 4.79 Å². The Morgan fingerprint density at radius 1 is 1.24 bits per heavy atom. The molecule has 2 atom stereocenters. The van der Waals surface area contributed by atoms with E-state index in [2.05, 4.69) is 16.9 Å². The molecule has 0 saturated carbocycles. The third kappa shape index (κ3) is 5.16. The number of aryl methyl sites for hydroxylation is 1. The molecule has 3 amide bonds. The van der Waals surface area contributed by atoms with Crippen molar-refractivity contribution in [2.45, 2.75) is 41.0 Å². The van der Waals surface area contributed by atoms with E-state index in [4.69, 9.17) is 4.74 Å². The van der Waals surface area contributed by atoms with Crippen molar-refractivity contribution in [2.75, 3.05) is 25.5 Å². The first kappa shape index (κ1) is 25.5. The van der Waals surface area contributed by atoms with Gasteiger partial charge in [0.1, 0.15) is 5.75 Å². The lowest BCUT2D eigenvalue weighted by molar-refractivity contribution is -0.128. The molecule has 2 saturated heterocycles. The van der Waals surface area contributed by atoms with Crippen LogP contribution in [0.15, 0.2) is 56.9 Å². The Kier molecular flexibility index (Phi) is 7.36. The normalized spacial score (nSPS) is 18.5. The Hall–Kier alpha value is -3.15. The van der Waals surface area contributed by atoms with Gasteiger partial charge >= 0.3 is 0 Å². The Morgan fingerprint density at radius 3 is 2.65 bits per heavy atom. The van der Waals surface area contributed by atoms with Crippen molar-refractivity contribution in [3.05, 3.63) is 64.5 Å². The van der Waals surface area contributed by atoms with Gasteiger partial charge in [-0.25, -0.2) is 4.98 Å². The molecule has 2 unspecified atom stereocenters. The first-order valence-electron chi connectivity index (χ1n) is 11.8. The van der Waals surface area contributed by atoms with Gasteiger partial charge in [0, 0.05) is 23.4 Å². The molecular formula is C26H26N4O4S3. The fraction of sp³-hybridized carbons (Fsp3) is 0.308. The van der Waals surface area contributed by atoms with Crippen LogP contribution < -0.4 is 10.1 Å². The number of rotatable bonds is 7. The summed E-state index contributed by atoms with van der Waals surface area (Å²) < 4.78 is 6.50. The van der Waals surface area contributed by atoms with E-state index in [-0.39, 0.29) is 29.8 Å². The fourth-order valence-electron chi connectivity index (χ4n) is 4.83. The molecule has 192 valence electrons. The highest BCUT2D eigenvalue weighted by atomic mass is 32.2. The molecule has 0 aliphatic carbocycles. The highest BCUT2D eigenvalue weighted by Gasteiger charge is 2.44. The van der Waals surface area contributed by atoms with E-state index in [1.807, 2.05) is 29.3 Å². The predicted octanol–water partition coefficient (Wildman–Crippen LogP) is 4.93. The fourth-order valence-corrected chi connectivity index (χ4v) is 7.40. The van der Waals surface area contributed by atoms with E-state index >= 15 is 0 Å². The average Bonchev–Trinajstić information content (AvgIpc) is 3.64. The largest absolute Gasteiger partial charge is 0.496 e. The van der Waals surface area contributed by atoms with E-state index in [0.29, 0.717) is 35.1 Å². The summed E-state index contributed by atoms with van der Waals surface area (Å²) in [6, 6.07) is 5.49. The number of fused-ring (bicyclic) bond motifs is 2. The van der Waals surface area contributed by atoms with Crippen molar-refractivity contribution in [2.24, 2.45) is 0 Å². The molecule has 4 heterocycles. The summed E-state index contributed by atoms with van der Waals surface area (Å²) in [6.07, 6.45) is 4.79. The Labute approximate surface area is 227 Å². The van der Waals surface area contributed by atoms with Crippen LogP contribution in [-0.4, -0.2) is 64.8 Å². The number of thiophene rings is 1. The first-order chi connectivity index (χ1) is 17.9. The van der Waals surface area contributed by atoms with Gasteiger partial charge in [0.25, 0.3) is 11.8 Å². The minimum Gasteiger partial charge on any atom is -0.496 e. The number of carbonyl (C=O) groups is 3. The molecular weight excluding hydrogens is 529 g/mol. The summed E-state index contributed by atoms with van der Waals surface area (Å²) in [5, 5.41) is 7.00. The molecule has 8 nitrogen and oxygen atoms in total.